The van der Waals surface area contributed by atoms with Crippen molar-refractivity contribution < 1.29 is 22.7 Å². The second-order valence-electron chi connectivity index (χ2n) is 8.55. The maximum Gasteiger partial charge on any atom is 0.251 e. The predicted molar refractivity (Wildman–Crippen MR) is 127 cm³/mol. The molecular weight excluding hydrogens is 456 g/mol. The molecule has 0 unspecified atom stereocenters. The Morgan fingerprint density at radius 1 is 1.09 bits per heavy atom. The van der Waals surface area contributed by atoms with Crippen LogP contribution >= 0.6 is 0 Å². The van der Waals surface area contributed by atoms with Gasteiger partial charge in [-0.15, -0.1) is 0 Å². The molecule has 0 atom stereocenters. The van der Waals surface area contributed by atoms with E-state index in [2.05, 4.69) is 21.6 Å². The summed E-state index contributed by atoms with van der Waals surface area (Å²) in [6, 6.07) is 13.9. The molecule has 2 amide bonds. The number of amides is 2. The molecule has 0 spiro atoms. The van der Waals surface area contributed by atoms with Gasteiger partial charge in [-0.25, -0.2) is 8.42 Å². The maximum absolute atomic E-state index is 12.8. The summed E-state index contributed by atoms with van der Waals surface area (Å²) in [5, 5.41) is 5.68. The molecule has 0 aromatic heterocycles. The van der Waals surface area contributed by atoms with Crippen molar-refractivity contribution in [1.82, 2.24) is 19.8 Å². The lowest BCUT2D eigenvalue weighted by atomic mass is 10.0. The Morgan fingerprint density at radius 3 is 2.47 bits per heavy atom. The van der Waals surface area contributed by atoms with Crippen LogP contribution in [0.1, 0.15) is 28.8 Å². The van der Waals surface area contributed by atoms with Crippen LogP contribution in [0.2, 0.25) is 0 Å². The molecule has 0 bridgehead atoms. The minimum absolute atomic E-state index is 0.0664. The number of nitrogens with one attached hydrogen (secondary N) is 2. The van der Waals surface area contributed by atoms with E-state index >= 15 is 0 Å². The third kappa shape index (κ3) is 5.57. The van der Waals surface area contributed by atoms with Crippen LogP contribution in [0.25, 0.3) is 0 Å². The molecule has 182 valence electrons. The van der Waals surface area contributed by atoms with Crippen LogP contribution in [-0.4, -0.2) is 75.3 Å². The molecule has 10 heteroatoms. The minimum Gasteiger partial charge on any atom is -0.496 e. The SMILES string of the molecule is COc1ccccc1CN1CCC(NC(=O)c2ccc(S(=O)(=O)N3CCNC(=O)C3)cc2)CC1. The zero-order valence-corrected chi connectivity index (χ0v) is 20.0. The monoisotopic (exact) mass is 486 g/mol. The van der Waals surface area contributed by atoms with Crippen molar-refractivity contribution in [3.8, 4) is 5.75 Å². The number of piperidine rings is 1. The van der Waals surface area contributed by atoms with Crippen LogP contribution in [0, 0.1) is 0 Å². The first-order valence-corrected chi connectivity index (χ1v) is 12.8. The molecule has 2 heterocycles. The summed E-state index contributed by atoms with van der Waals surface area (Å²) in [6.07, 6.45) is 1.68. The Morgan fingerprint density at radius 2 is 1.79 bits per heavy atom. The third-order valence-electron chi connectivity index (χ3n) is 6.27. The van der Waals surface area contributed by atoms with Gasteiger partial charge in [0, 0.05) is 49.9 Å². The van der Waals surface area contributed by atoms with Gasteiger partial charge in [0.25, 0.3) is 5.91 Å². The normalized spacial score (nSPS) is 18.3. The summed E-state index contributed by atoms with van der Waals surface area (Å²) in [5.41, 5.74) is 1.56. The van der Waals surface area contributed by atoms with Gasteiger partial charge in [0.2, 0.25) is 15.9 Å². The number of likely N-dealkylation sites (tertiary alicyclic amines) is 1. The molecule has 2 fully saturated rings. The zero-order chi connectivity index (χ0) is 24.1. The fraction of sp³-hybridized carbons (Fsp3) is 0.417. The number of sulfonamides is 1. The number of carbonyl (C=O) groups excluding carboxylic acids is 2. The van der Waals surface area contributed by atoms with E-state index in [-0.39, 0.29) is 42.4 Å². The number of nitrogens with zero attached hydrogens (tertiary/aromatic N) is 2. The Balaban J connectivity index is 1.30. The molecule has 2 N–H and O–H groups in total. The fourth-order valence-electron chi connectivity index (χ4n) is 4.33. The smallest absolute Gasteiger partial charge is 0.251 e. The van der Waals surface area contributed by atoms with Crippen LogP contribution in [0.5, 0.6) is 5.75 Å². The largest absolute Gasteiger partial charge is 0.496 e. The van der Waals surface area contributed by atoms with Gasteiger partial charge in [-0.1, -0.05) is 18.2 Å². The lowest BCUT2D eigenvalue weighted by Crippen LogP contribution is -2.49. The third-order valence-corrected chi connectivity index (χ3v) is 8.13. The van der Waals surface area contributed by atoms with Crippen LogP contribution in [0.15, 0.2) is 53.4 Å². The van der Waals surface area contributed by atoms with Gasteiger partial charge in [0.1, 0.15) is 5.75 Å². The number of carbonyl (C=O) groups is 2. The Kier molecular flexibility index (Phi) is 7.50. The van der Waals surface area contributed by atoms with Crippen molar-refractivity contribution in [3.63, 3.8) is 0 Å². The van der Waals surface area contributed by atoms with Crippen LogP contribution < -0.4 is 15.4 Å². The standard InChI is InChI=1S/C24H30N4O5S/c1-33-22-5-3-2-4-19(22)16-27-13-10-20(11-14-27)26-24(30)18-6-8-21(9-7-18)34(31,32)28-15-12-25-23(29)17-28/h2-9,20H,10-17H2,1H3,(H,25,29)(H,26,30). The highest BCUT2D eigenvalue weighted by atomic mass is 32.2. The molecule has 2 saturated heterocycles. The van der Waals surface area contributed by atoms with E-state index in [1.54, 1.807) is 7.11 Å². The molecule has 0 radical (unpaired) electrons. The van der Waals surface area contributed by atoms with E-state index in [0.29, 0.717) is 5.56 Å². The number of hydrogen-bond donors (Lipinski definition) is 2. The number of benzene rings is 2. The Hall–Kier alpha value is -2.95. The number of para-hydroxylation sites is 1. The Labute approximate surface area is 200 Å². The van der Waals surface area contributed by atoms with E-state index in [4.69, 9.17) is 4.74 Å². The van der Waals surface area contributed by atoms with Crippen LogP contribution in [0.4, 0.5) is 0 Å². The van der Waals surface area contributed by atoms with Crippen LogP contribution in [-0.2, 0) is 21.4 Å². The van der Waals surface area contributed by atoms with Crippen molar-refractivity contribution in [2.75, 3.05) is 39.8 Å². The van der Waals surface area contributed by atoms with Gasteiger partial charge in [0.05, 0.1) is 18.6 Å². The Bertz CT molecular complexity index is 1130. The fourth-order valence-corrected chi connectivity index (χ4v) is 5.72. The van der Waals surface area contributed by atoms with Crippen molar-refractivity contribution in [2.24, 2.45) is 0 Å². The molecule has 0 aliphatic carbocycles. The van der Waals surface area contributed by atoms with Gasteiger partial charge in [-0.3, -0.25) is 14.5 Å². The van der Waals surface area contributed by atoms with Crippen molar-refractivity contribution in [3.05, 3.63) is 59.7 Å². The predicted octanol–water partition coefficient (Wildman–Crippen LogP) is 1.21. The molecule has 0 saturated carbocycles. The number of piperazine rings is 1. The molecule has 9 nitrogen and oxygen atoms in total. The summed E-state index contributed by atoms with van der Waals surface area (Å²) in [7, 11) is -2.10. The average Bonchev–Trinajstić information content (AvgIpc) is 2.85. The second-order valence-corrected chi connectivity index (χ2v) is 10.5. The topological polar surface area (TPSA) is 108 Å². The quantitative estimate of drug-likeness (QED) is 0.609. The molecule has 2 aliphatic heterocycles. The summed E-state index contributed by atoms with van der Waals surface area (Å²) >= 11 is 0. The van der Waals surface area contributed by atoms with Crippen molar-refractivity contribution in [2.45, 2.75) is 30.3 Å². The van der Waals surface area contributed by atoms with E-state index in [9.17, 15) is 18.0 Å². The number of hydrogen-bond acceptors (Lipinski definition) is 6. The highest BCUT2D eigenvalue weighted by molar-refractivity contribution is 7.89. The molecule has 2 aromatic carbocycles. The first-order valence-electron chi connectivity index (χ1n) is 11.4. The summed E-state index contributed by atoms with van der Waals surface area (Å²) in [6.45, 7) is 2.86. The highest BCUT2D eigenvalue weighted by Gasteiger charge is 2.29. The summed E-state index contributed by atoms with van der Waals surface area (Å²) < 4.78 is 32.1. The minimum atomic E-state index is -3.78. The van der Waals surface area contributed by atoms with Gasteiger partial charge in [0.15, 0.2) is 0 Å². The number of rotatable bonds is 7. The molecule has 2 aliphatic rings. The lowest BCUT2D eigenvalue weighted by Gasteiger charge is -2.32. The van der Waals surface area contributed by atoms with E-state index in [1.807, 2.05) is 18.2 Å². The first kappa shape index (κ1) is 24.2. The highest BCUT2D eigenvalue weighted by Crippen LogP contribution is 2.22. The van der Waals surface area contributed by atoms with E-state index < -0.39 is 10.0 Å². The maximum atomic E-state index is 12.8. The number of methoxy groups -OCH3 is 1. The lowest BCUT2D eigenvalue weighted by molar-refractivity contribution is -0.122. The van der Waals surface area contributed by atoms with Gasteiger partial charge >= 0.3 is 0 Å². The average molecular weight is 487 g/mol. The van der Waals surface area contributed by atoms with Gasteiger partial charge in [-0.2, -0.15) is 4.31 Å². The van der Waals surface area contributed by atoms with E-state index in [0.717, 1.165) is 48.1 Å². The van der Waals surface area contributed by atoms with Crippen molar-refractivity contribution >= 4 is 21.8 Å². The zero-order valence-electron chi connectivity index (χ0n) is 19.2. The van der Waals surface area contributed by atoms with Crippen LogP contribution in [0.3, 0.4) is 0 Å². The molecular formula is C24H30N4O5S. The second kappa shape index (κ2) is 10.5. The first-order chi connectivity index (χ1) is 16.4. The summed E-state index contributed by atoms with van der Waals surface area (Å²) in [5.74, 6) is 0.344. The molecule has 2 aromatic rings. The van der Waals surface area contributed by atoms with E-state index in [1.165, 1.54) is 24.3 Å². The molecule has 4 rings (SSSR count). The summed E-state index contributed by atoms with van der Waals surface area (Å²) in [4.78, 5) is 26.7. The van der Waals surface area contributed by atoms with Gasteiger partial charge in [-0.05, 0) is 43.2 Å². The number of ether oxygens (including phenoxy) is 1. The van der Waals surface area contributed by atoms with Crippen molar-refractivity contribution in [1.29, 1.82) is 0 Å². The molecule has 34 heavy (non-hydrogen) atoms. The van der Waals surface area contributed by atoms with Gasteiger partial charge < -0.3 is 15.4 Å².